The first-order chi connectivity index (χ1) is 12.6. The normalized spacial score (nSPS) is 11.1. The van der Waals surface area contributed by atoms with E-state index >= 15 is 0 Å². The number of aliphatic imine (C=N–C) groups is 1. The van der Waals surface area contributed by atoms with E-state index in [0.29, 0.717) is 6.54 Å². The van der Waals surface area contributed by atoms with Crippen LogP contribution in [0, 0.1) is 0 Å². The highest BCUT2D eigenvalue weighted by Gasteiger charge is 2.02. The van der Waals surface area contributed by atoms with E-state index in [1.807, 2.05) is 18.2 Å². The number of rotatable bonds is 8. The molecule has 2 aromatic rings. The number of hydrogen-bond donors (Lipinski definition) is 2. The molecule has 0 atom stereocenters. The molecule has 6 heteroatoms. The second-order valence-corrected chi connectivity index (χ2v) is 6.28. The van der Waals surface area contributed by atoms with Crippen LogP contribution >= 0.6 is 24.0 Å². The summed E-state index contributed by atoms with van der Waals surface area (Å²) in [6.07, 6.45) is 0. The average Bonchev–Trinajstić information content (AvgIpc) is 2.68. The van der Waals surface area contributed by atoms with Gasteiger partial charge in [-0.2, -0.15) is 0 Å². The van der Waals surface area contributed by atoms with Gasteiger partial charge in [-0.1, -0.05) is 43.3 Å². The molecule has 27 heavy (non-hydrogen) atoms. The predicted molar refractivity (Wildman–Crippen MR) is 124 cm³/mol. The van der Waals surface area contributed by atoms with Gasteiger partial charge in [0.25, 0.3) is 0 Å². The molecular weight excluding hydrogens is 451 g/mol. The summed E-state index contributed by atoms with van der Waals surface area (Å²) in [6, 6.07) is 16.7. The molecule has 0 radical (unpaired) electrons. The Balaban J connectivity index is 0.00000364. The quantitative estimate of drug-likeness (QED) is 0.343. The Morgan fingerprint density at radius 1 is 1.00 bits per heavy atom. The number of hydrogen-bond acceptors (Lipinski definition) is 3. The van der Waals surface area contributed by atoms with Crippen LogP contribution in [0.2, 0.25) is 0 Å². The Labute approximate surface area is 180 Å². The Hall–Kier alpha value is -1.80. The summed E-state index contributed by atoms with van der Waals surface area (Å²) in [5, 5.41) is 6.71. The van der Waals surface area contributed by atoms with Crippen LogP contribution in [0.1, 0.15) is 23.6 Å². The van der Waals surface area contributed by atoms with Crippen molar-refractivity contribution in [2.45, 2.75) is 26.6 Å². The van der Waals surface area contributed by atoms with Crippen LogP contribution in [-0.2, 0) is 19.6 Å². The number of guanidine groups is 1. The SMILES string of the molecule is CCN(C)Cc1cccc(CNC(=NC)NCc2cccc(OC)c2)c1.I. The van der Waals surface area contributed by atoms with Crippen LogP contribution < -0.4 is 15.4 Å². The molecule has 0 spiro atoms. The van der Waals surface area contributed by atoms with E-state index in [9.17, 15) is 0 Å². The minimum atomic E-state index is 0. The van der Waals surface area contributed by atoms with Gasteiger partial charge in [0.15, 0.2) is 5.96 Å². The first-order valence-corrected chi connectivity index (χ1v) is 8.98. The number of benzene rings is 2. The fraction of sp³-hybridized carbons (Fsp3) is 0.381. The van der Waals surface area contributed by atoms with Crippen molar-refractivity contribution in [1.29, 1.82) is 0 Å². The van der Waals surface area contributed by atoms with Crippen LogP contribution in [0.15, 0.2) is 53.5 Å². The van der Waals surface area contributed by atoms with E-state index in [2.05, 4.69) is 64.8 Å². The molecule has 0 amide bonds. The minimum Gasteiger partial charge on any atom is -0.497 e. The molecular formula is C21H31IN4O. The van der Waals surface area contributed by atoms with Crippen molar-refractivity contribution in [3.63, 3.8) is 0 Å². The summed E-state index contributed by atoms with van der Waals surface area (Å²) in [5.74, 6) is 1.64. The molecule has 0 aliphatic rings. The molecule has 148 valence electrons. The number of ether oxygens (including phenoxy) is 1. The topological polar surface area (TPSA) is 48.9 Å². The smallest absolute Gasteiger partial charge is 0.191 e. The average molecular weight is 482 g/mol. The number of methoxy groups -OCH3 is 1. The van der Waals surface area contributed by atoms with E-state index in [-0.39, 0.29) is 24.0 Å². The Bertz CT molecular complexity index is 721. The fourth-order valence-corrected chi connectivity index (χ4v) is 2.64. The highest BCUT2D eigenvalue weighted by molar-refractivity contribution is 14.0. The van der Waals surface area contributed by atoms with Crippen molar-refractivity contribution in [3.8, 4) is 5.75 Å². The lowest BCUT2D eigenvalue weighted by molar-refractivity contribution is 0.345. The van der Waals surface area contributed by atoms with Gasteiger partial charge in [0.05, 0.1) is 7.11 Å². The number of halogens is 1. The molecule has 0 bridgehead atoms. The second kappa shape index (κ2) is 12.6. The van der Waals surface area contributed by atoms with Crippen LogP contribution in [0.3, 0.4) is 0 Å². The van der Waals surface area contributed by atoms with Gasteiger partial charge in [-0.25, -0.2) is 0 Å². The lowest BCUT2D eigenvalue weighted by Crippen LogP contribution is -2.36. The zero-order chi connectivity index (χ0) is 18.8. The summed E-state index contributed by atoms with van der Waals surface area (Å²) in [6.45, 7) is 5.61. The monoisotopic (exact) mass is 482 g/mol. The van der Waals surface area contributed by atoms with Gasteiger partial charge in [-0.15, -0.1) is 24.0 Å². The van der Waals surface area contributed by atoms with E-state index in [0.717, 1.165) is 36.9 Å². The van der Waals surface area contributed by atoms with Crippen molar-refractivity contribution in [1.82, 2.24) is 15.5 Å². The predicted octanol–water partition coefficient (Wildman–Crippen LogP) is 3.63. The highest BCUT2D eigenvalue weighted by atomic mass is 127. The third-order valence-corrected chi connectivity index (χ3v) is 4.26. The molecule has 0 fully saturated rings. The van der Waals surface area contributed by atoms with Crippen LogP contribution in [0.4, 0.5) is 0 Å². The maximum atomic E-state index is 5.26. The largest absolute Gasteiger partial charge is 0.497 e. The fourth-order valence-electron chi connectivity index (χ4n) is 2.64. The Morgan fingerprint density at radius 3 is 2.19 bits per heavy atom. The minimum absolute atomic E-state index is 0. The van der Waals surface area contributed by atoms with E-state index in [1.165, 1.54) is 11.1 Å². The van der Waals surface area contributed by atoms with E-state index < -0.39 is 0 Å². The summed E-state index contributed by atoms with van der Waals surface area (Å²) in [5.41, 5.74) is 3.72. The summed E-state index contributed by atoms with van der Waals surface area (Å²) < 4.78 is 5.26. The van der Waals surface area contributed by atoms with E-state index in [1.54, 1.807) is 14.2 Å². The summed E-state index contributed by atoms with van der Waals surface area (Å²) in [7, 11) is 5.60. The molecule has 0 saturated carbocycles. The first-order valence-electron chi connectivity index (χ1n) is 8.98. The third kappa shape index (κ3) is 8.17. The maximum Gasteiger partial charge on any atom is 0.191 e. The van der Waals surface area contributed by atoms with Crippen molar-refractivity contribution in [2.24, 2.45) is 4.99 Å². The summed E-state index contributed by atoms with van der Waals surface area (Å²) in [4.78, 5) is 6.59. The van der Waals surface area contributed by atoms with Gasteiger partial charge in [0.2, 0.25) is 0 Å². The zero-order valence-corrected chi connectivity index (χ0v) is 19.0. The van der Waals surface area contributed by atoms with Gasteiger partial charge >= 0.3 is 0 Å². The molecule has 0 aliphatic carbocycles. The van der Waals surface area contributed by atoms with Crippen LogP contribution in [0.25, 0.3) is 0 Å². The molecule has 0 unspecified atom stereocenters. The lowest BCUT2D eigenvalue weighted by atomic mass is 10.1. The highest BCUT2D eigenvalue weighted by Crippen LogP contribution is 2.12. The molecule has 0 heterocycles. The second-order valence-electron chi connectivity index (χ2n) is 6.28. The summed E-state index contributed by atoms with van der Waals surface area (Å²) >= 11 is 0. The molecule has 5 nitrogen and oxygen atoms in total. The molecule has 0 saturated heterocycles. The van der Waals surface area contributed by atoms with Crippen LogP contribution in [0.5, 0.6) is 5.75 Å². The molecule has 2 aromatic carbocycles. The standard InChI is InChI=1S/C21H30N4O.HI/c1-5-25(3)16-19-10-6-8-17(12-19)14-23-21(22-2)24-15-18-9-7-11-20(13-18)26-4;/h6-13H,5,14-16H2,1-4H3,(H2,22,23,24);1H. The lowest BCUT2D eigenvalue weighted by Gasteiger charge is -2.15. The molecule has 0 aromatic heterocycles. The maximum absolute atomic E-state index is 5.26. The molecule has 2 rings (SSSR count). The van der Waals surface area contributed by atoms with Gasteiger partial charge in [0, 0.05) is 26.7 Å². The van der Waals surface area contributed by atoms with Gasteiger partial charge in [0.1, 0.15) is 5.75 Å². The molecule has 0 aliphatic heterocycles. The number of nitrogens with one attached hydrogen (secondary N) is 2. The Kier molecular flexibility index (Phi) is 10.8. The van der Waals surface area contributed by atoms with E-state index in [4.69, 9.17) is 4.74 Å². The van der Waals surface area contributed by atoms with Gasteiger partial charge in [-0.3, -0.25) is 4.99 Å². The van der Waals surface area contributed by atoms with Crippen molar-refractivity contribution in [3.05, 3.63) is 65.2 Å². The van der Waals surface area contributed by atoms with Gasteiger partial charge in [-0.05, 0) is 42.4 Å². The Morgan fingerprint density at radius 2 is 1.59 bits per heavy atom. The van der Waals surface area contributed by atoms with Crippen LogP contribution in [-0.4, -0.2) is 38.6 Å². The molecule has 2 N–H and O–H groups in total. The zero-order valence-electron chi connectivity index (χ0n) is 16.7. The first kappa shape index (κ1) is 23.2. The number of nitrogens with zero attached hydrogens (tertiary/aromatic N) is 2. The third-order valence-electron chi connectivity index (χ3n) is 4.26. The van der Waals surface area contributed by atoms with Gasteiger partial charge < -0.3 is 20.3 Å². The van der Waals surface area contributed by atoms with Crippen molar-refractivity contribution >= 4 is 29.9 Å². The van der Waals surface area contributed by atoms with Crippen molar-refractivity contribution in [2.75, 3.05) is 27.7 Å². The van der Waals surface area contributed by atoms with Crippen molar-refractivity contribution < 1.29 is 4.74 Å².